The van der Waals surface area contributed by atoms with Crippen LogP contribution in [0.15, 0.2) is 0 Å². The number of hydrogen-bond donors (Lipinski definition) is 1. The highest BCUT2D eigenvalue weighted by atomic mass is 16.4. The van der Waals surface area contributed by atoms with Crippen molar-refractivity contribution in [3.05, 3.63) is 0 Å². The summed E-state index contributed by atoms with van der Waals surface area (Å²) in [6, 6.07) is 0. The first-order chi connectivity index (χ1) is 4.31. The zero-order valence-corrected chi connectivity index (χ0v) is 6.39. The fourth-order valence-electron chi connectivity index (χ4n) is 0.759. The van der Waals surface area contributed by atoms with Gasteiger partial charge in [-0.05, 0) is 6.32 Å². The second-order valence-corrected chi connectivity index (χ2v) is 2.26. The monoisotopic (exact) mass is 129 g/mol. The molecule has 0 aromatic rings. The highest BCUT2D eigenvalue weighted by Crippen LogP contribution is 1.96. The van der Waals surface area contributed by atoms with Gasteiger partial charge < -0.3 is 10.4 Å². The molecule has 0 rings (SSSR count). The third kappa shape index (κ3) is 5.86. The molecule has 0 amide bonds. The average Bonchev–Trinajstić information content (AvgIpc) is 1.85. The minimum absolute atomic E-state index is 0.388. The third-order valence-electron chi connectivity index (χ3n) is 1.22. The van der Waals surface area contributed by atoms with Gasteiger partial charge >= 0.3 is 0 Å². The number of rotatable bonds is 5. The largest absolute Gasteiger partial charge is 0.435 e. The summed E-state index contributed by atoms with van der Waals surface area (Å²) < 4.78 is 5.31. The number of nitrogens with two attached hydrogens (primary N) is 1. The van der Waals surface area contributed by atoms with Crippen molar-refractivity contribution in [2.45, 2.75) is 26.5 Å². The third-order valence-corrected chi connectivity index (χ3v) is 1.22. The van der Waals surface area contributed by atoms with Crippen LogP contribution in [-0.4, -0.2) is 20.1 Å². The van der Waals surface area contributed by atoms with Gasteiger partial charge in [-0.3, -0.25) is 0 Å². The maximum atomic E-state index is 5.31. The zero-order valence-electron chi connectivity index (χ0n) is 6.39. The van der Waals surface area contributed by atoms with Crippen LogP contribution in [-0.2, 0) is 4.65 Å². The second-order valence-electron chi connectivity index (χ2n) is 2.26. The maximum Gasteiger partial charge on any atom is 0.289 e. The lowest BCUT2D eigenvalue weighted by Gasteiger charge is -2.05. The molecule has 9 heavy (non-hydrogen) atoms. The van der Waals surface area contributed by atoms with Gasteiger partial charge in [0.2, 0.25) is 0 Å². The van der Waals surface area contributed by atoms with Crippen molar-refractivity contribution in [2.24, 2.45) is 5.73 Å². The molecular weight excluding hydrogens is 113 g/mol. The Morgan fingerprint density at radius 2 is 2.22 bits per heavy atom. The molecule has 0 saturated carbocycles. The van der Waals surface area contributed by atoms with Gasteiger partial charge in [0.1, 0.15) is 0 Å². The van der Waals surface area contributed by atoms with Crippen LogP contribution >= 0.6 is 0 Å². The highest BCUT2D eigenvalue weighted by Gasteiger charge is 2.03. The standard InChI is InChI=1S/C6H16BNO/c1-3-4-7(2)9-6-5-8/h3-6,8H2,1-2H3. The van der Waals surface area contributed by atoms with Crippen LogP contribution in [0.4, 0.5) is 0 Å². The molecule has 0 aromatic heterocycles. The van der Waals surface area contributed by atoms with Gasteiger partial charge in [-0.2, -0.15) is 0 Å². The summed E-state index contributed by atoms with van der Waals surface area (Å²) in [5.41, 5.74) is 5.25. The Morgan fingerprint density at radius 3 is 2.67 bits per heavy atom. The summed E-state index contributed by atoms with van der Waals surface area (Å²) in [7, 11) is 0. The second kappa shape index (κ2) is 6.11. The van der Waals surface area contributed by atoms with Crippen LogP contribution in [0.1, 0.15) is 13.3 Å². The quantitative estimate of drug-likeness (QED) is 0.562. The van der Waals surface area contributed by atoms with Crippen molar-refractivity contribution in [1.29, 1.82) is 0 Å². The van der Waals surface area contributed by atoms with E-state index in [9.17, 15) is 0 Å². The molecule has 2 nitrogen and oxygen atoms in total. The van der Waals surface area contributed by atoms with Gasteiger partial charge in [-0.15, -0.1) is 0 Å². The zero-order chi connectivity index (χ0) is 7.11. The molecule has 0 aliphatic rings. The molecule has 0 saturated heterocycles. The van der Waals surface area contributed by atoms with Gasteiger partial charge in [-0.1, -0.05) is 20.2 Å². The van der Waals surface area contributed by atoms with E-state index in [4.69, 9.17) is 10.4 Å². The van der Waals surface area contributed by atoms with E-state index in [1.54, 1.807) is 0 Å². The predicted molar refractivity (Wildman–Crippen MR) is 41.7 cm³/mol. The van der Waals surface area contributed by atoms with Gasteiger partial charge in [0.25, 0.3) is 6.92 Å². The van der Waals surface area contributed by atoms with E-state index in [0.29, 0.717) is 20.1 Å². The molecule has 0 unspecified atom stereocenters. The molecule has 0 atom stereocenters. The molecule has 0 spiro atoms. The van der Waals surface area contributed by atoms with Gasteiger partial charge in [0.05, 0.1) is 0 Å². The summed E-state index contributed by atoms with van der Waals surface area (Å²) in [6.45, 7) is 5.95. The van der Waals surface area contributed by atoms with Crippen molar-refractivity contribution >= 4 is 6.92 Å². The molecule has 0 aliphatic carbocycles. The topological polar surface area (TPSA) is 35.2 Å². The fourth-order valence-corrected chi connectivity index (χ4v) is 0.759. The minimum Gasteiger partial charge on any atom is -0.435 e. The Bertz CT molecular complexity index is 61.0. The molecule has 0 aliphatic heterocycles. The Kier molecular flexibility index (Phi) is 6.10. The lowest BCUT2D eigenvalue weighted by Crippen LogP contribution is -2.18. The Balaban J connectivity index is 2.95. The summed E-state index contributed by atoms with van der Waals surface area (Å²) in [6.07, 6.45) is 2.33. The summed E-state index contributed by atoms with van der Waals surface area (Å²) in [5.74, 6) is 0. The first-order valence-electron chi connectivity index (χ1n) is 3.63. The normalized spacial score (nSPS) is 9.67. The maximum absolute atomic E-state index is 5.31. The number of hydrogen-bond acceptors (Lipinski definition) is 2. The predicted octanol–water partition coefficient (Wildman–Crippen LogP) is 0.993. The van der Waals surface area contributed by atoms with Gasteiger partial charge in [0.15, 0.2) is 0 Å². The van der Waals surface area contributed by atoms with Crippen LogP contribution in [0.3, 0.4) is 0 Å². The molecule has 0 fully saturated rings. The summed E-state index contributed by atoms with van der Waals surface area (Å²) in [4.78, 5) is 0. The Hall–Kier alpha value is -0.0151. The van der Waals surface area contributed by atoms with E-state index in [0.717, 1.165) is 6.32 Å². The van der Waals surface area contributed by atoms with Gasteiger partial charge in [0, 0.05) is 13.2 Å². The smallest absolute Gasteiger partial charge is 0.289 e. The van der Waals surface area contributed by atoms with Crippen LogP contribution in [0, 0.1) is 0 Å². The SMILES string of the molecule is CCCB(C)OCCN. The van der Waals surface area contributed by atoms with Crippen LogP contribution in [0.5, 0.6) is 0 Å². The average molecular weight is 129 g/mol. The summed E-state index contributed by atoms with van der Waals surface area (Å²) >= 11 is 0. The van der Waals surface area contributed by atoms with Crippen molar-refractivity contribution < 1.29 is 4.65 Å². The lowest BCUT2D eigenvalue weighted by molar-refractivity contribution is 0.333. The molecule has 0 radical (unpaired) electrons. The van der Waals surface area contributed by atoms with Crippen LogP contribution < -0.4 is 5.73 Å². The molecule has 3 heteroatoms. The van der Waals surface area contributed by atoms with E-state index >= 15 is 0 Å². The fraction of sp³-hybridized carbons (Fsp3) is 1.00. The van der Waals surface area contributed by atoms with E-state index < -0.39 is 0 Å². The van der Waals surface area contributed by atoms with Crippen LogP contribution in [0.25, 0.3) is 0 Å². The molecule has 2 N–H and O–H groups in total. The van der Waals surface area contributed by atoms with E-state index in [-0.39, 0.29) is 0 Å². The molecule has 54 valence electrons. The molecule has 0 heterocycles. The molecule has 0 bridgehead atoms. The van der Waals surface area contributed by atoms with Crippen molar-refractivity contribution in [3.8, 4) is 0 Å². The Labute approximate surface area is 57.9 Å². The van der Waals surface area contributed by atoms with E-state index in [1.165, 1.54) is 6.42 Å². The van der Waals surface area contributed by atoms with Crippen molar-refractivity contribution in [1.82, 2.24) is 0 Å². The van der Waals surface area contributed by atoms with E-state index in [1.807, 2.05) is 0 Å². The van der Waals surface area contributed by atoms with Crippen LogP contribution in [0.2, 0.25) is 13.1 Å². The molecular formula is C6H16BNO. The molecule has 0 aromatic carbocycles. The lowest BCUT2D eigenvalue weighted by atomic mass is 9.67. The first kappa shape index (κ1) is 8.98. The summed E-state index contributed by atoms with van der Waals surface area (Å²) in [5, 5.41) is 0. The van der Waals surface area contributed by atoms with Crippen molar-refractivity contribution in [2.75, 3.05) is 13.2 Å². The van der Waals surface area contributed by atoms with Crippen molar-refractivity contribution in [3.63, 3.8) is 0 Å². The first-order valence-corrected chi connectivity index (χ1v) is 3.63. The van der Waals surface area contributed by atoms with E-state index in [2.05, 4.69) is 13.7 Å². The highest BCUT2D eigenvalue weighted by molar-refractivity contribution is 6.50. The Morgan fingerprint density at radius 1 is 1.56 bits per heavy atom. The minimum atomic E-state index is 0.388. The van der Waals surface area contributed by atoms with Gasteiger partial charge in [-0.25, -0.2) is 0 Å².